The fourth-order valence-corrected chi connectivity index (χ4v) is 1.84. The van der Waals surface area contributed by atoms with Crippen molar-refractivity contribution in [3.05, 3.63) is 33.3 Å². The summed E-state index contributed by atoms with van der Waals surface area (Å²) in [6, 6.07) is 3.12. The topological polar surface area (TPSA) is 110 Å². The Hall–Kier alpha value is -1.42. The van der Waals surface area contributed by atoms with Crippen LogP contribution in [0.2, 0.25) is 5.02 Å². The molecular formula is C7H7ClN2O6S. The molecule has 0 aromatic heterocycles. The van der Waals surface area contributed by atoms with Gasteiger partial charge in [0.05, 0.1) is 17.7 Å². The molecule has 1 N–H and O–H groups in total. The molecule has 1 rings (SSSR count). The van der Waals surface area contributed by atoms with Crippen molar-refractivity contribution in [3.8, 4) is 0 Å². The van der Waals surface area contributed by atoms with Crippen LogP contribution in [0, 0.1) is 10.1 Å². The molecule has 17 heavy (non-hydrogen) atoms. The number of nitro benzene ring substituents is 1. The Morgan fingerprint density at radius 1 is 1.53 bits per heavy atom. The van der Waals surface area contributed by atoms with Gasteiger partial charge in [0.2, 0.25) is 0 Å². The minimum absolute atomic E-state index is 0.121. The summed E-state index contributed by atoms with van der Waals surface area (Å²) in [7, 11) is -3.70. The second-order valence-electron chi connectivity index (χ2n) is 2.78. The molecule has 0 aliphatic carbocycles. The quantitative estimate of drug-likeness (QED) is 0.508. The molecule has 0 unspecified atom stereocenters. The highest BCUT2D eigenvalue weighted by Gasteiger charge is 2.23. The molecule has 1 aromatic carbocycles. The van der Waals surface area contributed by atoms with Gasteiger partial charge in [-0.1, -0.05) is 11.6 Å². The Morgan fingerprint density at radius 3 is 2.53 bits per heavy atom. The van der Waals surface area contributed by atoms with Crippen LogP contribution in [0.4, 0.5) is 11.4 Å². The summed E-state index contributed by atoms with van der Waals surface area (Å²) in [5, 5.41) is 10.4. The van der Waals surface area contributed by atoms with Crippen molar-refractivity contribution in [1.29, 1.82) is 0 Å². The average molecular weight is 283 g/mol. The summed E-state index contributed by atoms with van der Waals surface area (Å²) in [6.45, 7) is 0. The smallest absolute Gasteiger partial charge is 0.267 e. The molecule has 10 heteroatoms. The second kappa shape index (κ2) is 4.84. The SMILES string of the molecule is CON(c1ccc(Cl)c([N+](=O)[O-])c1)S(=O)(=O)O. The Morgan fingerprint density at radius 2 is 2.12 bits per heavy atom. The lowest BCUT2D eigenvalue weighted by molar-refractivity contribution is -0.384. The lowest BCUT2D eigenvalue weighted by Crippen LogP contribution is -2.29. The van der Waals surface area contributed by atoms with E-state index in [0.717, 1.165) is 25.3 Å². The average Bonchev–Trinajstić information content (AvgIpc) is 2.19. The van der Waals surface area contributed by atoms with E-state index in [4.69, 9.17) is 16.2 Å². The predicted molar refractivity (Wildman–Crippen MR) is 59.1 cm³/mol. The highest BCUT2D eigenvalue weighted by molar-refractivity contribution is 7.87. The number of hydrogen-bond donors (Lipinski definition) is 1. The van der Waals surface area contributed by atoms with Gasteiger partial charge < -0.3 is 0 Å². The highest BCUT2D eigenvalue weighted by Crippen LogP contribution is 2.30. The zero-order chi connectivity index (χ0) is 13.2. The summed E-state index contributed by atoms with van der Waals surface area (Å²) >= 11 is 5.54. The van der Waals surface area contributed by atoms with E-state index in [0.29, 0.717) is 0 Å². The molecule has 0 bridgehead atoms. The number of nitro groups is 1. The molecule has 8 nitrogen and oxygen atoms in total. The van der Waals surface area contributed by atoms with Crippen molar-refractivity contribution in [2.45, 2.75) is 0 Å². The lowest BCUT2D eigenvalue weighted by Gasteiger charge is -2.16. The minimum Gasteiger partial charge on any atom is -0.267 e. The van der Waals surface area contributed by atoms with Gasteiger partial charge in [-0.25, -0.2) is 0 Å². The van der Waals surface area contributed by atoms with Gasteiger partial charge in [0.15, 0.2) is 0 Å². The van der Waals surface area contributed by atoms with Gasteiger partial charge in [-0.3, -0.25) is 19.5 Å². The molecule has 0 aliphatic heterocycles. The van der Waals surface area contributed by atoms with Crippen molar-refractivity contribution in [2.24, 2.45) is 0 Å². The first-order chi connectivity index (χ1) is 7.77. The molecular weight excluding hydrogens is 276 g/mol. The molecule has 0 amide bonds. The number of benzene rings is 1. The van der Waals surface area contributed by atoms with Crippen molar-refractivity contribution < 1.29 is 22.7 Å². The molecule has 0 spiro atoms. The summed E-state index contributed by atoms with van der Waals surface area (Å²) in [5.41, 5.74) is -0.749. The molecule has 94 valence electrons. The third kappa shape index (κ3) is 3.03. The van der Waals surface area contributed by atoms with Crippen LogP contribution < -0.4 is 4.47 Å². The lowest BCUT2D eigenvalue weighted by atomic mass is 10.3. The van der Waals surface area contributed by atoms with Crippen LogP contribution in [0.25, 0.3) is 0 Å². The maximum Gasteiger partial charge on any atom is 0.382 e. The van der Waals surface area contributed by atoms with Gasteiger partial charge in [0.25, 0.3) is 5.69 Å². The Balaban J connectivity index is 3.33. The number of hydrogen-bond acceptors (Lipinski definition) is 5. The van der Waals surface area contributed by atoms with Crippen molar-refractivity contribution in [1.82, 2.24) is 0 Å². The molecule has 0 atom stereocenters. The molecule has 0 fully saturated rings. The summed E-state index contributed by atoms with van der Waals surface area (Å²) in [4.78, 5) is 14.2. The fourth-order valence-electron chi connectivity index (χ4n) is 1.09. The molecule has 0 radical (unpaired) electrons. The number of halogens is 1. The van der Waals surface area contributed by atoms with E-state index in [1.165, 1.54) is 0 Å². The normalized spacial score (nSPS) is 11.2. The van der Waals surface area contributed by atoms with Gasteiger partial charge in [0, 0.05) is 6.07 Å². The maximum absolute atomic E-state index is 10.9. The van der Waals surface area contributed by atoms with Crippen LogP contribution in [0.3, 0.4) is 0 Å². The second-order valence-corrected chi connectivity index (χ2v) is 4.41. The first-order valence-electron chi connectivity index (χ1n) is 4.03. The van der Waals surface area contributed by atoms with E-state index >= 15 is 0 Å². The van der Waals surface area contributed by atoms with Crippen LogP contribution in [0.1, 0.15) is 0 Å². The van der Waals surface area contributed by atoms with E-state index in [2.05, 4.69) is 4.84 Å². The van der Waals surface area contributed by atoms with E-state index in [1.54, 1.807) is 0 Å². The first kappa shape index (κ1) is 13.6. The first-order valence-corrected chi connectivity index (χ1v) is 5.80. The van der Waals surface area contributed by atoms with E-state index in [9.17, 15) is 18.5 Å². The highest BCUT2D eigenvalue weighted by atomic mass is 35.5. The van der Waals surface area contributed by atoms with Crippen molar-refractivity contribution in [2.75, 3.05) is 11.6 Å². The predicted octanol–water partition coefficient (Wildman–Crippen LogP) is 1.42. The Kier molecular flexibility index (Phi) is 3.88. The van der Waals surface area contributed by atoms with Crippen LogP contribution in [0.15, 0.2) is 18.2 Å². The largest absolute Gasteiger partial charge is 0.382 e. The van der Waals surface area contributed by atoms with E-state index < -0.39 is 20.9 Å². The van der Waals surface area contributed by atoms with Crippen LogP contribution in [-0.4, -0.2) is 25.0 Å². The van der Waals surface area contributed by atoms with Crippen LogP contribution >= 0.6 is 11.6 Å². The Bertz CT molecular complexity index is 545. The molecule has 0 saturated heterocycles. The van der Waals surface area contributed by atoms with E-state index in [-0.39, 0.29) is 15.2 Å². The Labute approximate surface area is 101 Å². The zero-order valence-corrected chi connectivity index (χ0v) is 9.97. The monoisotopic (exact) mass is 282 g/mol. The summed E-state index contributed by atoms with van der Waals surface area (Å²) in [5.74, 6) is 0. The number of anilines is 1. The molecule has 0 aliphatic rings. The van der Waals surface area contributed by atoms with Crippen molar-refractivity contribution >= 4 is 33.3 Å². The molecule has 0 saturated carbocycles. The molecule has 0 heterocycles. The fraction of sp³-hybridized carbons (Fsp3) is 0.143. The summed E-state index contributed by atoms with van der Waals surface area (Å²) < 4.78 is 30.7. The summed E-state index contributed by atoms with van der Waals surface area (Å²) in [6.07, 6.45) is 0. The number of nitrogens with zero attached hydrogens (tertiary/aromatic N) is 2. The molecule has 1 aromatic rings. The number of rotatable bonds is 4. The van der Waals surface area contributed by atoms with Gasteiger partial charge >= 0.3 is 10.3 Å². The van der Waals surface area contributed by atoms with Gasteiger partial charge in [-0.15, -0.1) is 4.47 Å². The van der Waals surface area contributed by atoms with E-state index in [1.807, 2.05) is 0 Å². The maximum atomic E-state index is 10.9. The van der Waals surface area contributed by atoms with Gasteiger partial charge in [-0.2, -0.15) is 8.42 Å². The van der Waals surface area contributed by atoms with Gasteiger partial charge in [0.1, 0.15) is 5.02 Å². The minimum atomic E-state index is -4.68. The van der Waals surface area contributed by atoms with Crippen LogP contribution in [0.5, 0.6) is 0 Å². The van der Waals surface area contributed by atoms with Crippen LogP contribution in [-0.2, 0) is 15.1 Å². The van der Waals surface area contributed by atoms with Crippen molar-refractivity contribution in [3.63, 3.8) is 0 Å². The third-order valence-electron chi connectivity index (χ3n) is 1.71. The zero-order valence-electron chi connectivity index (χ0n) is 8.40. The standard InChI is InChI=1S/C7H7ClN2O6S/c1-16-10(17(13,14)15)5-2-3-6(8)7(4-5)9(11)12/h2-4H,1H3,(H,13,14,15). The third-order valence-corrected chi connectivity index (χ3v) is 2.81. The van der Waals surface area contributed by atoms with Gasteiger partial charge in [-0.05, 0) is 12.1 Å².